The zero-order valence-corrected chi connectivity index (χ0v) is 10.3. The van der Waals surface area contributed by atoms with Crippen LogP contribution in [0.4, 0.5) is 0 Å². The highest BCUT2D eigenvalue weighted by Gasteiger charge is 2.39. The molecule has 1 aromatic rings. The van der Waals surface area contributed by atoms with Crippen molar-refractivity contribution in [2.24, 2.45) is 5.73 Å². The van der Waals surface area contributed by atoms with Crippen molar-refractivity contribution in [3.05, 3.63) is 35.4 Å². The van der Waals surface area contributed by atoms with E-state index in [9.17, 15) is 9.90 Å². The van der Waals surface area contributed by atoms with Crippen LogP contribution in [0, 0.1) is 0 Å². The molecule has 18 heavy (non-hydrogen) atoms. The number of carbonyl (C=O) groups is 1. The molecule has 0 heterocycles. The van der Waals surface area contributed by atoms with Gasteiger partial charge in [0, 0.05) is 0 Å². The Hall–Kier alpha value is -1.39. The van der Waals surface area contributed by atoms with Crippen LogP contribution in [0.25, 0.3) is 0 Å². The lowest BCUT2D eigenvalue weighted by Crippen LogP contribution is -2.32. The fraction of sp³-hybridized carbons (Fsp3) is 0.500. The maximum atomic E-state index is 10.6. The first-order valence-corrected chi connectivity index (χ1v) is 6.27. The normalized spacial score (nSPS) is 18.3. The molecule has 1 atom stereocenters. The number of aryl methyl sites for hydroxylation is 1. The second-order valence-electron chi connectivity index (χ2n) is 5.19. The zero-order valence-electron chi connectivity index (χ0n) is 10.3. The van der Waals surface area contributed by atoms with Gasteiger partial charge in [-0.05, 0) is 43.2 Å². The molecular formula is C14H19NO3. The summed E-state index contributed by atoms with van der Waals surface area (Å²) in [5.41, 5.74) is 7.16. The fourth-order valence-corrected chi connectivity index (χ4v) is 1.95. The van der Waals surface area contributed by atoms with Crippen molar-refractivity contribution >= 4 is 5.97 Å². The van der Waals surface area contributed by atoms with Crippen LogP contribution < -0.4 is 5.73 Å². The molecule has 1 fully saturated rings. The topological polar surface area (TPSA) is 83.5 Å². The van der Waals surface area contributed by atoms with Crippen LogP contribution in [0.15, 0.2) is 24.3 Å². The van der Waals surface area contributed by atoms with Gasteiger partial charge in [-0.1, -0.05) is 24.3 Å². The van der Waals surface area contributed by atoms with E-state index in [2.05, 4.69) is 0 Å². The van der Waals surface area contributed by atoms with Crippen molar-refractivity contribution in [3.8, 4) is 0 Å². The summed E-state index contributed by atoms with van der Waals surface area (Å²) >= 11 is 0. The Labute approximate surface area is 106 Å². The predicted molar refractivity (Wildman–Crippen MR) is 68.3 cm³/mol. The van der Waals surface area contributed by atoms with Gasteiger partial charge < -0.3 is 15.9 Å². The Balaban J connectivity index is 1.86. The highest BCUT2D eigenvalue weighted by Crippen LogP contribution is 2.39. The molecule has 4 nitrogen and oxygen atoms in total. The van der Waals surface area contributed by atoms with Crippen LogP contribution in [-0.2, 0) is 17.6 Å². The van der Waals surface area contributed by atoms with Crippen molar-refractivity contribution in [2.45, 2.75) is 43.7 Å². The van der Waals surface area contributed by atoms with Crippen molar-refractivity contribution in [3.63, 3.8) is 0 Å². The molecule has 0 aliphatic heterocycles. The van der Waals surface area contributed by atoms with Gasteiger partial charge in [-0.15, -0.1) is 0 Å². The average Bonchev–Trinajstić information content (AvgIpc) is 3.07. The van der Waals surface area contributed by atoms with Crippen molar-refractivity contribution in [1.29, 1.82) is 0 Å². The third-order valence-corrected chi connectivity index (χ3v) is 3.50. The van der Waals surface area contributed by atoms with Gasteiger partial charge in [0.2, 0.25) is 0 Å². The third-order valence-electron chi connectivity index (χ3n) is 3.50. The monoisotopic (exact) mass is 249 g/mol. The minimum Gasteiger partial charge on any atom is -0.480 e. The lowest BCUT2D eigenvalue weighted by molar-refractivity contribution is -0.138. The third kappa shape index (κ3) is 3.55. The predicted octanol–water partition coefficient (Wildman–Crippen LogP) is 1.10. The van der Waals surface area contributed by atoms with Gasteiger partial charge in [-0.25, -0.2) is 0 Å². The first-order chi connectivity index (χ1) is 8.48. The molecule has 1 saturated carbocycles. The van der Waals surface area contributed by atoms with E-state index in [0.29, 0.717) is 6.42 Å². The first-order valence-electron chi connectivity index (χ1n) is 6.27. The molecule has 0 bridgehead atoms. The van der Waals surface area contributed by atoms with Gasteiger partial charge >= 0.3 is 5.97 Å². The minimum absolute atomic E-state index is 0.347. The van der Waals surface area contributed by atoms with E-state index >= 15 is 0 Å². The van der Waals surface area contributed by atoms with Gasteiger partial charge in [0.1, 0.15) is 6.04 Å². The van der Waals surface area contributed by atoms with Crippen molar-refractivity contribution in [1.82, 2.24) is 0 Å². The molecule has 0 saturated heterocycles. The van der Waals surface area contributed by atoms with E-state index in [1.54, 1.807) is 0 Å². The van der Waals surface area contributed by atoms with Crippen LogP contribution >= 0.6 is 0 Å². The Bertz CT molecular complexity index is 423. The molecule has 4 N–H and O–H groups in total. The highest BCUT2D eigenvalue weighted by molar-refractivity contribution is 5.73. The molecule has 0 radical (unpaired) electrons. The number of aliphatic carboxylic acids is 1. The molecule has 1 unspecified atom stereocenters. The molecule has 0 aromatic heterocycles. The second-order valence-corrected chi connectivity index (χ2v) is 5.19. The number of benzene rings is 1. The quantitative estimate of drug-likeness (QED) is 0.705. The molecule has 1 aliphatic rings. The highest BCUT2D eigenvalue weighted by atomic mass is 16.4. The summed E-state index contributed by atoms with van der Waals surface area (Å²) in [4.78, 5) is 10.6. The van der Waals surface area contributed by atoms with Gasteiger partial charge in [0.15, 0.2) is 0 Å². The molecule has 0 amide bonds. The Kier molecular flexibility index (Phi) is 3.68. The van der Waals surface area contributed by atoms with Gasteiger partial charge in [-0.2, -0.15) is 0 Å². The van der Waals surface area contributed by atoms with Gasteiger partial charge in [0.05, 0.1) is 5.60 Å². The lowest BCUT2D eigenvalue weighted by atomic mass is 10.0. The second kappa shape index (κ2) is 5.08. The standard InChI is InChI=1S/C14H19NO3/c15-12(13(16)17)9-11-3-1-10(2-4-11)5-6-14(18)7-8-14/h1-4,12,18H,5-9,15H2,(H,16,17). The van der Waals surface area contributed by atoms with E-state index in [0.717, 1.165) is 31.2 Å². The van der Waals surface area contributed by atoms with Crippen molar-refractivity contribution in [2.75, 3.05) is 0 Å². The van der Waals surface area contributed by atoms with E-state index in [4.69, 9.17) is 10.8 Å². The Morgan fingerprint density at radius 1 is 1.28 bits per heavy atom. The number of aliphatic hydroxyl groups is 1. The van der Waals surface area contributed by atoms with Crippen LogP contribution in [0.5, 0.6) is 0 Å². The maximum Gasteiger partial charge on any atom is 0.320 e. The average molecular weight is 249 g/mol. The summed E-state index contributed by atoms with van der Waals surface area (Å²) in [6.07, 6.45) is 3.85. The zero-order chi connectivity index (χ0) is 13.2. The van der Waals surface area contributed by atoms with E-state index in [1.165, 1.54) is 5.56 Å². The minimum atomic E-state index is -0.977. The largest absolute Gasteiger partial charge is 0.480 e. The van der Waals surface area contributed by atoms with Crippen LogP contribution in [0.2, 0.25) is 0 Å². The molecule has 1 aromatic carbocycles. The summed E-state index contributed by atoms with van der Waals surface area (Å²) in [6, 6.07) is 6.94. The maximum absolute atomic E-state index is 10.6. The summed E-state index contributed by atoms with van der Waals surface area (Å²) < 4.78 is 0. The molecule has 1 aliphatic carbocycles. The van der Waals surface area contributed by atoms with Crippen LogP contribution in [0.1, 0.15) is 30.4 Å². The Morgan fingerprint density at radius 3 is 2.33 bits per heavy atom. The number of hydrogen-bond acceptors (Lipinski definition) is 3. The Morgan fingerprint density at radius 2 is 1.83 bits per heavy atom. The number of nitrogens with two attached hydrogens (primary N) is 1. The molecule has 4 heteroatoms. The summed E-state index contributed by atoms with van der Waals surface area (Å²) in [5.74, 6) is -0.977. The van der Waals surface area contributed by atoms with E-state index < -0.39 is 17.6 Å². The van der Waals surface area contributed by atoms with Gasteiger partial charge in [0.25, 0.3) is 0 Å². The number of carboxylic acid groups (broad SMARTS) is 1. The molecule has 2 rings (SSSR count). The van der Waals surface area contributed by atoms with Crippen molar-refractivity contribution < 1.29 is 15.0 Å². The molecule has 98 valence electrons. The first kappa shape index (κ1) is 13.1. The van der Waals surface area contributed by atoms with Crippen LogP contribution in [-0.4, -0.2) is 27.8 Å². The molecule has 0 spiro atoms. The lowest BCUT2D eigenvalue weighted by Gasteiger charge is -2.09. The van der Waals surface area contributed by atoms with E-state index in [1.807, 2.05) is 24.3 Å². The smallest absolute Gasteiger partial charge is 0.320 e. The van der Waals surface area contributed by atoms with Crippen LogP contribution in [0.3, 0.4) is 0 Å². The van der Waals surface area contributed by atoms with E-state index in [-0.39, 0.29) is 0 Å². The number of carboxylic acids is 1. The summed E-state index contributed by atoms with van der Waals surface area (Å²) in [7, 11) is 0. The number of rotatable bonds is 6. The fourth-order valence-electron chi connectivity index (χ4n) is 1.95. The summed E-state index contributed by atoms with van der Waals surface area (Å²) in [5, 5.41) is 18.5. The molecular weight excluding hydrogens is 230 g/mol. The van der Waals surface area contributed by atoms with Gasteiger partial charge in [-0.3, -0.25) is 4.79 Å². The SMILES string of the molecule is NC(Cc1ccc(CCC2(O)CC2)cc1)C(=O)O. The summed E-state index contributed by atoms with van der Waals surface area (Å²) in [6.45, 7) is 0. The number of hydrogen-bond donors (Lipinski definition) is 3.